The van der Waals surface area contributed by atoms with Crippen molar-refractivity contribution in [2.75, 3.05) is 13.7 Å². The van der Waals surface area contributed by atoms with E-state index >= 15 is 0 Å². The summed E-state index contributed by atoms with van der Waals surface area (Å²) in [5.74, 6) is 0.263. The van der Waals surface area contributed by atoms with Crippen molar-refractivity contribution in [1.29, 1.82) is 0 Å². The summed E-state index contributed by atoms with van der Waals surface area (Å²) in [6, 6.07) is 10.5. The zero-order valence-electron chi connectivity index (χ0n) is 12.0. The molecule has 0 aliphatic heterocycles. The standard InChI is InChI=1S/C15H16N2O5/c1-20-12-6-3-2-5-11(12)8-10-22-15(19)17-16-14(18)13-7-4-9-21-13/h2-7,9H,8,10H2,1H3,(H,16,18)(H,17,19). The molecule has 116 valence electrons. The number of carbonyl (C=O) groups is 2. The van der Waals surface area contributed by atoms with Crippen LogP contribution in [0.25, 0.3) is 0 Å². The number of benzene rings is 1. The molecule has 7 heteroatoms. The summed E-state index contributed by atoms with van der Waals surface area (Å²) in [6.45, 7) is 0.156. The third kappa shape index (κ3) is 4.27. The highest BCUT2D eigenvalue weighted by atomic mass is 16.6. The first-order chi connectivity index (χ1) is 10.7. The first-order valence-electron chi connectivity index (χ1n) is 6.59. The van der Waals surface area contributed by atoms with E-state index in [4.69, 9.17) is 13.9 Å². The molecule has 0 aliphatic carbocycles. The normalized spacial score (nSPS) is 9.86. The maximum Gasteiger partial charge on any atom is 0.426 e. The fourth-order valence-corrected chi connectivity index (χ4v) is 1.78. The molecule has 7 nitrogen and oxygen atoms in total. The van der Waals surface area contributed by atoms with Gasteiger partial charge in [-0.2, -0.15) is 0 Å². The molecule has 22 heavy (non-hydrogen) atoms. The van der Waals surface area contributed by atoms with Gasteiger partial charge in [-0.3, -0.25) is 10.2 Å². The fourth-order valence-electron chi connectivity index (χ4n) is 1.78. The van der Waals surface area contributed by atoms with Crippen LogP contribution in [0.3, 0.4) is 0 Å². The molecule has 0 fully saturated rings. The predicted molar refractivity (Wildman–Crippen MR) is 77.4 cm³/mol. The number of carbonyl (C=O) groups excluding carboxylic acids is 2. The average Bonchev–Trinajstić information content (AvgIpc) is 3.07. The van der Waals surface area contributed by atoms with Crippen molar-refractivity contribution in [1.82, 2.24) is 10.9 Å². The van der Waals surface area contributed by atoms with Crippen LogP contribution in [0.1, 0.15) is 16.1 Å². The van der Waals surface area contributed by atoms with Crippen LogP contribution in [-0.4, -0.2) is 25.7 Å². The lowest BCUT2D eigenvalue weighted by Crippen LogP contribution is -2.42. The van der Waals surface area contributed by atoms with Gasteiger partial charge in [-0.25, -0.2) is 10.2 Å². The van der Waals surface area contributed by atoms with Crippen LogP contribution in [0, 0.1) is 0 Å². The van der Waals surface area contributed by atoms with E-state index in [1.54, 1.807) is 13.2 Å². The van der Waals surface area contributed by atoms with Gasteiger partial charge < -0.3 is 13.9 Å². The second-order valence-electron chi connectivity index (χ2n) is 4.25. The summed E-state index contributed by atoms with van der Waals surface area (Å²) in [5.41, 5.74) is 5.24. The maximum absolute atomic E-state index is 11.5. The highest BCUT2D eigenvalue weighted by Crippen LogP contribution is 2.17. The SMILES string of the molecule is COc1ccccc1CCOC(=O)NNC(=O)c1ccco1. The van der Waals surface area contributed by atoms with Gasteiger partial charge in [-0.05, 0) is 23.8 Å². The molecule has 2 amide bonds. The molecule has 1 aromatic heterocycles. The molecule has 2 rings (SSSR count). The Labute approximate surface area is 127 Å². The summed E-state index contributed by atoms with van der Waals surface area (Å²) < 4.78 is 15.0. The fraction of sp³-hybridized carbons (Fsp3) is 0.200. The van der Waals surface area contributed by atoms with Gasteiger partial charge in [0.05, 0.1) is 20.0 Å². The van der Waals surface area contributed by atoms with Gasteiger partial charge in [0, 0.05) is 6.42 Å². The number of hydrogen-bond acceptors (Lipinski definition) is 5. The second kappa shape index (κ2) is 7.72. The molecule has 0 unspecified atom stereocenters. The molecular weight excluding hydrogens is 288 g/mol. The van der Waals surface area contributed by atoms with Crippen molar-refractivity contribution in [3.8, 4) is 5.75 Å². The first kappa shape index (κ1) is 15.4. The van der Waals surface area contributed by atoms with E-state index < -0.39 is 12.0 Å². The van der Waals surface area contributed by atoms with Gasteiger partial charge in [0.15, 0.2) is 5.76 Å². The van der Waals surface area contributed by atoms with Crippen LogP contribution in [-0.2, 0) is 11.2 Å². The number of hydrazine groups is 1. The van der Waals surface area contributed by atoms with Gasteiger partial charge >= 0.3 is 12.0 Å². The smallest absolute Gasteiger partial charge is 0.426 e. The highest BCUT2D eigenvalue weighted by molar-refractivity contribution is 5.92. The molecule has 0 aliphatic rings. The molecule has 0 bridgehead atoms. The van der Waals surface area contributed by atoms with E-state index in [-0.39, 0.29) is 12.4 Å². The third-order valence-electron chi connectivity index (χ3n) is 2.82. The number of methoxy groups -OCH3 is 1. The Hall–Kier alpha value is -2.96. The summed E-state index contributed by atoms with van der Waals surface area (Å²) in [6.07, 6.45) is 1.11. The molecule has 1 heterocycles. The van der Waals surface area contributed by atoms with Gasteiger partial charge in [-0.15, -0.1) is 0 Å². The number of hydrogen-bond donors (Lipinski definition) is 2. The second-order valence-corrected chi connectivity index (χ2v) is 4.25. The monoisotopic (exact) mass is 304 g/mol. The van der Waals surface area contributed by atoms with E-state index in [1.807, 2.05) is 24.3 Å². The topological polar surface area (TPSA) is 89.8 Å². The first-order valence-corrected chi connectivity index (χ1v) is 6.59. The Morgan fingerprint density at radius 1 is 1.14 bits per heavy atom. The quantitative estimate of drug-likeness (QED) is 0.823. The minimum atomic E-state index is -0.755. The van der Waals surface area contributed by atoms with Crippen molar-refractivity contribution in [2.45, 2.75) is 6.42 Å². The molecule has 0 saturated carbocycles. The number of nitrogens with one attached hydrogen (secondary N) is 2. The van der Waals surface area contributed by atoms with Crippen molar-refractivity contribution >= 4 is 12.0 Å². The molecule has 2 aromatic rings. The van der Waals surface area contributed by atoms with Crippen molar-refractivity contribution < 1.29 is 23.5 Å². The van der Waals surface area contributed by atoms with Gasteiger partial charge in [0.2, 0.25) is 0 Å². The lowest BCUT2D eigenvalue weighted by Gasteiger charge is -2.09. The number of para-hydroxylation sites is 1. The predicted octanol–water partition coefficient (Wildman–Crippen LogP) is 1.90. The Bertz CT molecular complexity index is 625. The number of amides is 2. The summed E-state index contributed by atoms with van der Waals surface area (Å²) in [5, 5.41) is 0. The zero-order chi connectivity index (χ0) is 15.8. The van der Waals surface area contributed by atoms with E-state index in [9.17, 15) is 9.59 Å². The molecular formula is C15H16N2O5. The maximum atomic E-state index is 11.5. The largest absolute Gasteiger partial charge is 0.496 e. The highest BCUT2D eigenvalue weighted by Gasteiger charge is 2.10. The molecule has 0 saturated heterocycles. The molecule has 0 spiro atoms. The van der Waals surface area contributed by atoms with Crippen LogP contribution in [0.4, 0.5) is 4.79 Å². The summed E-state index contributed by atoms with van der Waals surface area (Å²) >= 11 is 0. The van der Waals surface area contributed by atoms with Crippen molar-refractivity contribution in [3.63, 3.8) is 0 Å². The van der Waals surface area contributed by atoms with E-state index in [2.05, 4.69) is 10.9 Å². The van der Waals surface area contributed by atoms with Crippen LogP contribution in [0.2, 0.25) is 0 Å². The molecule has 0 atom stereocenters. The number of ether oxygens (including phenoxy) is 2. The number of furan rings is 1. The molecule has 0 radical (unpaired) electrons. The van der Waals surface area contributed by atoms with Crippen molar-refractivity contribution in [2.24, 2.45) is 0 Å². The van der Waals surface area contributed by atoms with E-state index in [0.717, 1.165) is 11.3 Å². The molecule has 1 aromatic carbocycles. The Morgan fingerprint density at radius 2 is 1.95 bits per heavy atom. The van der Waals surface area contributed by atoms with Crippen LogP contribution in [0.15, 0.2) is 47.1 Å². The van der Waals surface area contributed by atoms with Crippen LogP contribution < -0.4 is 15.6 Å². The Morgan fingerprint density at radius 3 is 2.68 bits per heavy atom. The average molecular weight is 304 g/mol. The third-order valence-corrected chi connectivity index (χ3v) is 2.82. The lowest BCUT2D eigenvalue weighted by molar-refractivity contribution is 0.0883. The van der Waals surface area contributed by atoms with Crippen LogP contribution in [0.5, 0.6) is 5.75 Å². The van der Waals surface area contributed by atoms with E-state index in [0.29, 0.717) is 6.42 Å². The van der Waals surface area contributed by atoms with Gasteiger partial charge in [0.25, 0.3) is 0 Å². The summed E-state index contributed by atoms with van der Waals surface area (Å²) in [4.78, 5) is 22.9. The Balaban J connectivity index is 1.71. The van der Waals surface area contributed by atoms with Crippen LogP contribution >= 0.6 is 0 Å². The van der Waals surface area contributed by atoms with Gasteiger partial charge in [0.1, 0.15) is 5.75 Å². The van der Waals surface area contributed by atoms with Gasteiger partial charge in [-0.1, -0.05) is 18.2 Å². The minimum Gasteiger partial charge on any atom is -0.496 e. The summed E-state index contributed by atoms with van der Waals surface area (Å²) in [7, 11) is 1.58. The minimum absolute atomic E-state index is 0.0920. The van der Waals surface area contributed by atoms with Crippen molar-refractivity contribution in [3.05, 3.63) is 54.0 Å². The molecule has 2 N–H and O–H groups in total. The van der Waals surface area contributed by atoms with E-state index in [1.165, 1.54) is 12.3 Å². The Kier molecular flexibility index (Phi) is 5.42. The lowest BCUT2D eigenvalue weighted by atomic mass is 10.1. The zero-order valence-corrected chi connectivity index (χ0v) is 12.0. The number of rotatable bonds is 5.